The quantitative estimate of drug-likeness (QED) is 0.598. The summed E-state index contributed by atoms with van der Waals surface area (Å²) < 4.78 is 44.5. The van der Waals surface area contributed by atoms with E-state index in [2.05, 4.69) is 11.9 Å². The summed E-state index contributed by atoms with van der Waals surface area (Å²) in [5.41, 5.74) is 0. The van der Waals surface area contributed by atoms with E-state index in [-0.39, 0.29) is 0 Å². The number of halogens is 4. The Morgan fingerprint density at radius 3 is 2.38 bits per heavy atom. The summed E-state index contributed by atoms with van der Waals surface area (Å²) in [5.74, 6) is 2.29. The van der Waals surface area contributed by atoms with Crippen molar-refractivity contribution in [3.63, 3.8) is 0 Å². The van der Waals surface area contributed by atoms with Crippen LogP contribution in [-0.4, -0.2) is 37.3 Å². The Morgan fingerprint density at radius 1 is 1.38 bits per heavy atom. The van der Waals surface area contributed by atoms with E-state index in [4.69, 9.17) is 4.74 Å². The molecular weight excluding hydrogens is 245 g/mol. The van der Waals surface area contributed by atoms with Crippen LogP contribution in [-0.2, 0) is 4.74 Å². The summed E-state index contributed by atoms with van der Waals surface area (Å²) in [6, 6.07) is 0. The van der Waals surface area contributed by atoms with Crippen LogP contribution in [0.4, 0.5) is 17.3 Å². The first-order valence-corrected chi connectivity index (χ1v) is 6.15. The topological polar surface area (TPSA) is 23.2 Å². The van der Waals surface area contributed by atoms with E-state index in [9.17, 15) is 17.3 Å². The van der Waals surface area contributed by atoms with Gasteiger partial charge in [0.25, 0.3) is 0 Å². The van der Waals surface area contributed by atoms with Crippen LogP contribution in [0.2, 0.25) is 0 Å². The molecule has 96 valence electrons. The van der Waals surface area contributed by atoms with E-state index in [0.29, 0.717) is 5.25 Å². The zero-order chi connectivity index (χ0) is 12.6. The predicted octanol–water partition coefficient (Wildman–Crippen LogP) is 1.33. The molecule has 1 N–H and O–H groups in total. The normalized spacial score (nSPS) is 20.6. The van der Waals surface area contributed by atoms with Crippen molar-refractivity contribution in [2.75, 3.05) is 18.9 Å². The molecule has 8 heteroatoms. The van der Waals surface area contributed by atoms with E-state index in [0.717, 1.165) is 25.5 Å². The number of nitrogens with one attached hydrogen (secondary N) is 1. The highest BCUT2D eigenvalue weighted by Gasteiger charge is 2.24. The Balaban J connectivity index is 0.000000385. The van der Waals surface area contributed by atoms with Crippen LogP contribution in [0.1, 0.15) is 20.3 Å². The van der Waals surface area contributed by atoms with E-state index in [1.807, 2.05) is 18.7 Å². The Hall–Kier alpha value is -0.395. The summed E-state index contributed by atoms with van der Waals surface area (Å²) in [4.78, 5) is 3.29. The number of ether oxygens (including phenoxy) is 1. The summed E-state index contributed by atoms with van der Waals surface area (Å²) in [6.07, 6.45) is 1.16. The number of rotatable bonds is 2. The molecule has 0 amide bonds. The molecule has 0 aromatic rings. The van der Waals surface area contributed by atoms with Crippen LogP contribution < -0.4 is 4.99 Å². The fourth-order valence-corrected chi connectivity index (χ4v) is 2.21. The molecule has 1 aliphatic rings. The van der Waals surface area contributed by atoms with Crippen LogP contribution >= 0.6 is 11.8 Å². The second-order valence-electron chi connectivity index (χ2n) is 2.99. The number of thioether (sulfide) groups is 1. The maximum atomic E-state index is 9.75. The lowest BCUT2D eigenvalue weighted by molar-refractivity contribution is -0.464. The average molecular weight is 261 g/mol. The van der Waals surface area contributed by atoms with Crippen LogP contribution in [0.5, 0.6) is 0 Å². The molecule has 0 spiro atoms. The molecule has 0 aliphatic carbocycles. The summed E-state index contributed by atoms with van der Waals surface area (Å²) in [5, 5.41) is 0.573. The van der Waals surface area contributed by atoms with Gasteiger partial charge >= 0.3 is 13.2 Å². The number of hydrogen-bond acceptors (Lipinski definition) is 2. The monoisotopic (exact) mass is 261 g/mol. The molecule has 1 atom stereocenters. The van der Waals surface area contributed by atoms with E-state index >= 15 is 0 Å². The van der Waals surface area contributed by atoms with Gasteiger partial charge in [-0.1, -0.05) is 6.92 Å². The maximum absolute atomic E-state index is 9.75. The van der Waals surface area contributed by atoms with E-state index in [1.54, 1.807) is 0 Å². The Bertz CT molecular complexity index is 219. The summed E-state index contributed by atoms with van der Waals surface area (Å²) in [6.45, 7) is 6.06. The van der Waals surface area contributed by atoms with Gasteiger partial charge in [0.2, 0.25) is 0 Å². The van der Waals surface area contributed by atoms with Gasteiger partial charge in [-0.3, -0.25) is 0 Å². The molecule has 2 nitrogen and oxygen atoms in total. The van der Waals surface area contributed by atoms with Crippen LogP contribution in [0.3, 0.4) is 0 Å². The number of hydrogen-bond donors (Lipinski definition) is 1. The van der Waals surface area contributed by atoms with Gasteiger partial charge in [0.15, 0.2) is 6.54 Å². The highest BCUT2D eigenvalue weighted by atomic mass is 32.2. The van der Waals surface area contributed by atoms with Crippen molar-refractivity contribution in [3.8, 4) is 0 Å². The van der Waals surface area contributed by atoms with Gasteiger partial charge in [-0.2, -0.15) is 0 Å². The molecule has 0 aromatic heterocycles. The molecular formula is C8H16BF4NOS. The molecule has 0 fully saturated rings. The third kappa shape index (κ3) is 8.88. The fraction of sp³-hybridized carbons (Fsp3) is 0.875. The first kappa shape index (κ1) is 15.6. The fourth-order valence-electron chi connectivity index (χ4n) is 1.17. The molecule has 1 heterocycles. The first-order valence-electron chi connectivity index (χ1n) is 5.10. The van der Waals surface area contributed by atoms with Gasteiger partial charge in [0, 0.05) is 0 Å². The molecule has 0 saturated heterocycles. The van der Waals surface area contributed by atoms with Crippen molar-refractivity contribution in [3.05, 3.63) is 0 Å². The van der Waals surface area contributed by atoms with Crippen LogP contribution in [0, 0.1) is 0 Å². The van der Waals surface area contributed by atoms with Gasteiger partial charge in [0.05, 0.1) is 12.4 Å². The lowest BCUT2D eigenvalue weighted by Gasteiger charge is -2.15. The molecule has 1 unspecified atom stereocenters. The van der Waals surface area contributed by atoms with Crippen molar-refractivity contribution in [1.29, 1.82) is 0 Å². The lowest BCUT2D eigenvalue weighted by Crippen LogP contribution is -2.78. The van der Waals surface area contributed by atoms with Crippen molar-refractivity contribution < 1.29 is 27.0 Å². The van der Waals surface area contributed by atoms with E-state index in [1.165, 1.54) is 5.75 Å². The average Bonchev–Trinajstić information content (AvgIpc) is 2.16. The van der Waals surface area contributed by atoms with E-state index < -0.39 is 7.25 Å². The molecule has 1 aliphatic heterocycles. The van der Waals surface area contributed by atoms with Crippen LogP contribution in [0.15, 0.2) is 0 Å². The minimum atomic E-state index is -6.00. The highest BCUT2D eigenvalue weighted by molar-refractivity contribution is 8.00. The van der Waals surface area contributed by atoms with Gasteiger partial charge in [0.1, 0.15) is 5.25 Å². The Labute approximate surface area is 96.9 Å². The van der Waals surface area contributed by atoms with Gasteiger partial charge in [-0.05, 0) is 13.3 Å². The van der Waals surface area contributed by atoms with Crippen molar-refractivity contribution in [2.45, 2.75) is 25.5 Å². The Kier molecular flexibility index (Phi) is 7.62. The lowest BCUT2D eigenvalue weighted by atomic mass is 10.3. The van der Waals surface area contributed by atoms with Crippen molar-refractivity contribution in [1.82, 2.24) is 0 Å². The minimum absolute atomic E-state index is 0.573. The maximum Gasteiger partial charge on any atom is 0.673 e. The van der Waals surface area contributed by atoms with Crippen molar-refractivity contribution in [2.24, 2.45) is 0 Å². The molecule has 16 heavy (non-hydrogen) atoms. The molecule has 1 rings (SSSR count). The highest BCUT2D eigenvalue weighted by Crippen LogP contribution is 2.15. The second-order valence-corrected chi connectivity index (χ2v) is 4.30. The first-order chi connectivity index (χ1) is 7.38. The second kappa shape index (κ2) is 7.81. The van der Waals surface area contributed by atoms with Gasteiger partial charge < -0.3 is 22.0 Å². The zero-order valence-electron chi connectivity index (χ0n) is 9.31. The third-order valence-corrected chi connectivity index (χ3v) is 3.07. The standard InChI is InChI=1S/C8H15NOS.BF4/c1-3-7-8(10-4-2)9-5-6-11-7;2-1(3,4)5/h7H,3-6H2,1-2H3;/q;-1/p+1. The third-order valence-electron chi connectivity index (χ3n) is 1.68. The predicted molar refractivity (Wildman–Crippen MR) is 59.2 cm³/mol. The molecule has 0 aromatic carbocycles. The van der Waals surface area contributed by atoms with Crippen LogP contribution in [0.25, 0.3) is 0 Å². The van der Waals surface area contributed by atoms with Crippen molar-refractivity contribution >= 4 is 24.9 Å². The van der Waals surface area contributed by atoms with Gasteiger partial charge in [-0.15, -0.1) is 11.8 Å². The smallest absolute Gasteiger partial charge is 0.448 e. The molecule has 0 saturated carbocycles. The summed E-state index contributed by atoms with van der Waals surface area (Å²) >= 11 is 1.99. The van der Waals surface area contributed by atoms with Gasteiger partial charge in [-0.25, -0.2) is 4.99 Å². The summed E-state index contributed by atoms with van der Waals surface area (Å²) in [7, 11) is -6.00. The largest absolute Gasteiger partial charge is 0.673 e. The molecule has 0 bridgehead atoms. The SMILES string of the molecule is CCOC1=[NH+]CCSC1CC.F[B-](F)(F)F. The minimum Gasteiger partial charge on any atom is -0.448 e. The Morgan fingerprint density at radius 2 is 1.94 bits per heavy atom. The zero-order valence-corrected chi connectivity index (χ0v) is 10.1. The molecule has 0 radical (unpaired) electrons.